The normalized spacial score (nSPS) is 11.4. The summed E-state index contributed by atoms with van der Waals surface area (Å²) in [4.78, 5) is 13.3. The van der Waals surface area contributed by atoms with Gasteiger partial charge in [-0.2, -0.15) is 5.10 Å². The molecule has 0 amide bonds. The van der Waals surface area contributed by atoms with Gasteiger partial charge in [0.05, 0.1) is 11.9 Å². The van der Waals surface area contributed by atoms with Gasteiger partial charge in [0.25, 0.3) is 0 Å². The zero-order chi connectivity index (χ0) is 13.0. The highest BCUT2D eigenvalue weighted by Crippen LogP contribution is 2.12. The van der Waals surface area contributed by atoms with E-state index in [4.69, 9.17) is 5.11 Å². The average Bonchev–Trinajstić information content (AvgIpc) is 2.59. The van der Waals surface area contributed by atoms with Gasteiger partial charge in [-0.3, -0.25) is 9.58 Å². The van der Waals surface area contributed by atoms with E-state index in [1.807, 2.05) is 0 Å². The molecule has 0 aliphatic rings. The summed E-state index contributed by atoms with van der Waals surface area (Å²) >= 11 is 0. The minimum Gasteiger partial charge on any atom is -0.478 e. The Bertz CT molecular complexity index is 385. The fraction of sp³-hybridized carbons (Fsp3) is 0.667. The molecule has 1 heterocycles. The predicted octanol–water partition coefficient (Wildman–Crippen LogP) is 1.60. The minimum absolute atomic E-state index is 0.301. The predicted molar refractivity (Wildman–Crippen MR) is 66.0 cm³/mol. The number of carboxylic acid groups (broad SMARTS) is 1. The molecule has 5 nitrogen and oxygen atoms in total. The fourth-order valence-electron chi connectivity index (χ4n) is 1.86. The van der Waals surface area contributed by atoms with Gasteiger partial charge in [0.2, 0.25) is 0 Å². The maximum Gasteiger partial charge on any atom is 0.339 e. The second kappa shape index (κ2) is 5.82. The number of aromatic nitrogens is 2. The SMILES string of the molecule is CCN(Cc1c(C(=O)O)cnn1C)CC(C)C. The number of carboxylic acids is 1. The van der Waals surface area contributed by atoms with Gasteiger partial charge in [-0.1, -0.05) is 20.8 Å². The van der Waals surface area contributed by atoms with Crippen molar-refractivity contribution in [2.45, 2.75) is 27.3 Å². The molecule has 0 aliphatic heterocycles. The zero-order valence-corrected chi connectivity index (χ0v) is 11.0. The van der Waals surface area contributed by atoms with Gasteiger partial charge in [-0.25, -0.2) is 4.79 Å². The molecule has 96 valence electrons. The molecule has 0 spiro atoms. The second-order valence-corrected chi connectivity index (χ2v) is 4.66. The Balaban J connectivity index is 2.85. The van der Waals surface area contributed by atoms with Gasteiger partial charge >= 0.3 is 5.97 Å². The van der Waals surface area contributed by atoms with E-state index < -0.39 is 5.97 Å². The Morgan fingerprint density at radius 2 is 2.24 bits per heavy atom. The number of nitrogens with zero attached hydrogens (tertiary/aromatic N) is 3. The Hall–Kier alpha value is -1.36. The third-order valence-electron chi connectivity index (χ3n) is 2.74. The molecule has 1 rings (SSSR count). The summed E-state index contributed by atoms with van der Waals surface area (Å²) in [5.74, 6) is -0.342. The molecular weight excluding hydrogens is 218 g/mol. The van der Waals surface area contributed by atoms with Crippen LogP contribution in [0.15, 0.2) is 6.20 Å². The summed E-state index contributed by atoms with van der Waals surface area (Å²) < 4.78 is 1.65. The van der Waals surface area contributed by atoms with Gasteiger partial charge in [-0.15, -0.1) is 0 Å². The molecule has 5 heteroatoms. The first-order chi connectivity index (χ1) is 7.95. The van der Waals surface area contributed by atoms with Crippen LogP contribution in [-0.2, 0) is 13.6 Å². The topological polar surface area (TPSA) is 58.4 Å². The first-order valence-corrected chi connectivity index (χ1v) is 5.92. The number of carbonyl (C=O) groups is 1. The van der Waals surface area contributed by atoms with Crippen LogP contribution in [0.2, 0.25) is 0 Å². The lowest BCUT2D eigenvalue weighted by Crippen LogP contribution is -2.28. The molecular formula is C12H21N3O2. The van der Waals surface area contributed by atoms with Crippen LogP contribution in [0.5, 0.6) is 0 Å². The summed E-state index contributed by atoms with van der Waals surface area (Å²) in [6, 6.07) is 0. The van der Waals surface area contributed by atoms with Gasteiger partial charge in [0, 0.05) is 20.1 Å². The van der Waals surface area contributed by atoms with Crippen LogP contribution in [0.1, 0.15) is 36.8 Å². The average molecular weight is 239 g/mol. The van der Waals surface area contributed by atoms with E-state index in [1.54, 1.807) is 11.7 Å². The highest BCUT2D eigenvalue weighted by Gasteiger charge is 2.17. The smallest absolute Gasteiger partial charge is 0.339 e. The van der Waals surface area contributed by atoms with E-state index in [1.165, 1.54) is 6.20 Å². The van der Waals surface area contributed by atoms with E-state index >= 15 is 0 Å². The molecule has 0 aromatic carbocycles. The number of hydrogen-bond acceptors (Lipinski definition) is 3. The molecule has 0 fully saturated rings. The maximum absolute atomic E-state index is 11.1. The van der Waals surface area contributed by atoms with Crippen molar-refractivity contribution < 1.29 is 9.90 Å². The molecule has 17 heavy (non-hydrogen) atoms. The van der Waals surface area contributed by atoms with Gasteiger partial charge < -0.3 is 5.11 Å². The Kier molecular flexibility index (Phi) is 4.69. The standard InChI is InChI=1S/C12H21N3O2/c1-5-15(7-9(2)3)8-11-10(12(16)17)6-13-14(11)4/h6,9H,5,7-8H2,1-4H3,(H,16,17). The number of hydrogen-bond donors (Lipinski definition) is 1. The summed E-state index contributed by atoms with van der Waals surface area (Å²) in [5, 5.41) is 13.1. The van der Waals surface area contributed by atoms with Crippen LogP contribution in [0, 0.1) is 5.92 Å². The monoisotopic (exact) mass is 239 g/mol. The van der Waals surface area contributed by atoms with Crippen molar-refractivity contribution in [2.24, 2.45) is 13.0 Å². The molecule has 1 aromatic rings. The van der Waals surface area contributed by atoms with Crippen LogP contribution >= 0.6 is 0 Å². The molecule has 1 N–H and O–H groups in total. The van der Waals surface area contributed by atoms with Crippen molar-refractivity contribution in [1.82, 2.24) is 14.7 Å². The Morgan fingerprint density at radius 3 is 2.71 bits per heavy atom. The number of aromatic carboxylic acids is 1. The Labute approximate surface area is 102 Å². The molecule has 0 saturated heterocycles. The molecule has 0 saturated carbocycles. The zero-order valence-electron chi connectivity index (χ0n) is 11.0. The van der Waals surface area contributed by atoms with Crippen molar-refractivity contribution in [3.8, 4) is 0 Å². The molecule has 0 unspecified atom stereocenters. The highest BCUT2D eigenvalue weighted by atomic mass is 16.4. The maximum atomic E-state index is 11.1. The number of aryl methyl sites for hydroxylation is 1. The largest absolute Gasteiger partial charge is 0.478 e. The molecule has 0 atom stereocenters. The van der Waals surface area contributed by atoms with Crippen LogP contribution in [0.4, 0.5) is 0 Å². The van der Waals surface area contributed by atoms with E-state index in [0.717, 1.165) is 18.8 Å². The lowest BCUT2D eigenvalue weighted by atomic mass is 10.2. The van der Waals surface area contributed by atoms with Crippen molar-refractivity contribution >= 4 is 5.97 Å². The minimum atomic E-state index is -0.909. The first-order valence-electron chi connectivity index (χ1n) is 5.92. The second-order valence-electron chi connectivity index (χ2n) is 4.66. The summed E-state index contributed by atoms with van der Waals surface area (Å²) in [6.45, 7) is 8.89. The highest BCUT2D eigenvalue weighted by molar-refractivity contribution is 5.88. The molecule has 1 aromatic heterocycles. The van der Waals surface area contributed by atoms with Crippen LogP contribution in [-0.4, -0.2) is 38.8 Å². The summed E-state index contributed by atoms with van der Waals surface area (Å²) in [6.07, 6.45) is 1.42. The van der Waals surface area contributed by atoms with Gasteiger partial charge in [0.15, 0.2) is 0 Å². The van der Waals surface area contributed by atoms with E-state index in [0.29, 0.717) is 18.0 Å². The van der Waals surface area contributed by atoms with E-state index in [2.05, 4.69) is 30.8 Å². The van der Waals surface area contributed by atoms with Gasteiger partial charge in [0.1, 0.15) is 5.56 Å². The van der Waals surface area contributed by atoms with E-state index in [9.17, 15) is 4.79 Å². The summed E-state index contributed by atoms with van der Waals surface area (Å²) in [5.41, 5.74) is 1.06. The van der Waals surface area contributed by atoms with Crippen molar-refractivity contribution in [3.05, 3.63) is 17.5 Å². The molecule has 0 bridgehead atoms. The Morgan fingerprint density at radius 1 is 1.59 bits per heavy atom. The van der Waals surface area contributed by atoms with Crippen molar-refractivity contribution in [1.29, 1.82) is 0 Å². The third kappa shape index (κ3) is 3.56. The van der Waals surface area contributed by atoms with Crippen LogP contribution < -0.4 is 0 Å². The first kappa shape index (κ1) is 13.7. The fourth-order valence-corrected chi connectivity index (χ4v) is 1.86. The van der Waals surface area contributed by atoms with Crippen LogP contribution in [0.25, 0.3) is 0 Å². The third-order valence-corrected chi connectivity index (χ3v) is 2.74. The molecule has 0 radical (unpaired) electrons. The lowest BCUT2D eigenvalue weighted by molar-refractivity contribution is 0.0694. The molecule has 0 aliphatic carbocycles. The van der Waals surface area contributed by atoms with Crippen LogP contribution in [0.3, 0.4) is 0 Å². The van der Waals surface area contributed by atoms with E-state index in [-0.39, 0.29) is 0 Å². The van der Waals surface area contributed by atoms with Gasteiger partial charge in [-0.05, 0) is 12.5 Å². The quantitative estimate of drug-likeness (QED) is 0.819. The van der Waals surface area contributed by atoms with Crippen molar-refractivity contribution in [3.63, 3.8) is 0 Å². The van der Waals surface area contributed by atoms with Crippen molar-refractivity contribution in [2.75, 3.05) is 13.1 Å². The lowest BCUT2D eigenvalue weighted by Gasteiger charge is -2.22. The summed E-state index contributed by atoms with van der Waals surface area (Å²) in [7, 11) is 1.78. The number of rotatable bonds is 6.